The van der Waals surface area contributed by atoms with Crippen molar-refractivity contribution in [1.82, 2.24) is 9.88 Å². The lowest BCUT2D eigenvalue weighted by molar-refractivity contribution is -0.146. The Balaban J connectivity index is 1.76. The highest BCUT2D eigenvalue weighted by atomic mass is 16.5. The average molecular weight is 304 g/mol. The van der Waals surface area contributed by atoms with Gasteiger partial charge in [0.25, 0.3) is 5.91 Å². The molecule has 5 heteroatoms. The number of piperidine rings is 1. The van der Waals surface area contributed by atoms with Crippen LogP contribution in [0.5, 0.6) is 0 Å². The number of ether oxygens (including phenoxy) is 2. The predicted octanol–water partition coefficient (Wildman–Crippen LogP) is 2.13. The van der Waals surface area contributed by atoms with Crippen LogP contribution in [0.1, 0.15) is 36.5 Å². The Kier molecular flexibility index (Phi) is 4.74. The standard InChI is InChI=1S/C17H24N2O3/c1-2-21-13-17-7-4-10-22-15(17)6-9-19(12-17)16(20)14-5-3-8-18-11-14/h3,5,8,11,15H,2,4,6-7,9-10,12-13H2,1H3/t15-,17+/m0/s1. The summed E-state index contributed by atoms with van der Waals surface area (Å²) < 4.78 is 11.7. The van der Waals surface area contributed by atoms with E-state index in [1.807, 2.05) is 17.9 Å². The number of rotatable bonds is 4. The summed E-state index contributed by atoms with van der Waals surface area (Å²) in [5.74, 6) is 0.0630. The number of aromatic nitrogens is 1. The third kappa shape index (κ3) is 3.01. The zero-order valence-electron chi connectivity index (χ0n) is 13.2. The highest BCUT2D eigenvalue weighted by Gasteiger charge is 2.47. The number of amides is 1. The summed E-state index contributed by atoms with van der Waals surface area (Å²) >= 11 is 0. The average Bonchev–Trinajstić information content (AvgIpc) is 2.59. The molecule has 1 amide bonds. The Hall–Kier alpha value is -1.46. The Morgan fingerprint density at radius 2 is 2.50 bits per heavy atom. The molecule has 120 valence electrons. The third-order valence-corrected chi connectivity index (χ3v) is 4.78. The van der Waals surface area contributed by atoms with Gasteiger partial charge in [0.05, 0.1) is 18.3 Å². The van der Waals surface area contributed by atoms with Gasteiger partial charge in [-0.1, -0.05) is 0 Å². The molecule has 2 saturated heterocycles. The van der Waals surface area contributed by atoms with Crippen LogP contribution in [0.15, 0.2) is 24.5 Å². The van der Waals surface area contributed by atoms with Gasteiger partial charge in [0, 0.05) is 44.1 Å². The fraction of sp³-hybridized carbons (Fsp3) is 0.647. The van der Waals surface area contributed by atoms with E-state index in [1.54, 1.807) is 18.5 Å². The number of likely N-dealkylation sites (tertiary alicyclic amines) is 1. The molecule has 2 fully saturated rings. The van der Waals surface area contributed by atoms with E-state index in [0.29, 0.717) is 25.3 Å². The van der Waals surface area contributed by atoms with Gasteiger partial charge in [0.1, 0.15) is 0 Å². The first-order valence-corrected chi connectivity index (χ1v) is 8.14. The first-order valence-electron chi connectivity index (χ1n) is 8.14. The lowest BCUT2D eigenvalue weighted by Gasteiger charge is -2.50. The van der Waals surface area contributed by atoms with Crippen LogP contribution in [-0.4, -0.2) is 54.8 Å². The maximum absolute atomic E-state index is 12.7. The monoisotopic (exact) mass is 304 g/mol. The summed E-state index contributed by atoms with van der Waals surface area (Å²) in [5, 5.41) is 0. The molecule has 2 aliphatic rings. The van der Waals surface area contributed by atoms with Gasteiger partial charge in [0.2, 0.25) is 0 Å². The van der Waals surface area contributed by atoms with E-state index in [4.69, 9.17) is 9.47 Å². The summed E-state index contributed by atoms with van der Waals surface area (Å²) in [7, 11) is 0. The van der Waals surface area contributed by atoms with E-state index in [2.05, 4.69) is 4.98 Å². The van der Waals surface area contributed by atoms with Crippen molar-refractivity contribution in [2.45, 2.75) is 32.3 Å². The topological polar surface area (TPSA) is 51.7 Å². The predicted molar refractivity (Wildman–Crippen MR) is 82.7 cm³/mol. The van der Waals surface area contributed by atoms with Gasteiger partial charge in [-0.3, -0.25) is 9.78 Å². The summed E-state index contributed by atoms with van der Waals surface area (Å²) in [6, 6.07) is 3.63. The fourth-order valence-electron chi connectivity index (χ4n) is 3.65. The molecule has 1 aromatic rings. The maximum atomic E-state index is 12.7. The molecule has 0 spiro atoms. The van der Waals surface area contributed by atoms with Crippen molar-refractivity contribution >= 4 is 5.91 Å². The van der Waals surface area contributed by atoms with Gasteiger partial charge in [-0.2, -0.15) is 0 Å². The molecule has 5 nitrogen and oxygen atoms in total. The molecule has 2 atom stereocenters. The molecule has 0 saturated carbocycles. The molecule has 0 N–H and O–H groups in total. The molecular weight excluding hydrogens is 280 g/mol. The lowest BCUT2D eigenvalue weighted by atomic mass is 9.73. The Morgan fingerprint density at radius 1 is 1.59 bits per heavy atom. The van der Waals surface area contributed by atoms with Crippen LogP contribution < -0.4 is 0 Å². The van der Waals surface area contributed by atoms with Crippen molar-refractivity contribution in [2.24, 2.45) is 5.41 Å². The number of hydrogen-bond acceptors (Lipinski definition) is 4. The lowest BCUT2D eigenvalue weighted by Crippen LogP contribution is -2.58. The smallest absolute Gasteiger partial charge is 0.255 e. The minimum absolute atomic E-state index is 0.0512. The van der Waals surface area contributed by atoms with Gasteiger partial charge in [-0.15, -0.1) is 0 Å². The minimum atomic E-state index is -0.0512. The van der Waals surface area contributed by atoms with Crippen molar-refractivity contribution in [3.63, 3.8) is 0 Å². The highest BCUT2D eigenvalue weighted by Crippen LogP contribution is 2.40. The number of hydrogen-bond donors (Lipinski definition) is 0. The van der Waals surface area contributed by atoms with E-state index < -0.39 is 0 Å². The van der Waals surface area contributed by atoms with Gasteiger partial charge in [-0.25, -0.2) is 0 Å². The van der Waals surface area contributed by atoms with Crippen LogP contribution in [0.2, 0.25) is 0 Å². The zero-order chi connectivity index (χ0) is 15.4. The molecule has 3 rings (SSSR count). The van der Waals surface area contributed by atoms with Crippen molar-refractivity contribution < 1.29 is 14.3 Å². The molecule has 1 aromatic heterocycles. The largest absolute Gasteiger partial charge is 0.381 e. The number of fused-ring (bicyclic) bond motifs is 1. The minimum Gasteiger partial charge on any atom is -0.381 e. The first-order chi connectivity index (χ1) is 10.7. The molecule has 22 heavy (non-hydrogen) atoms. The number of carbonyl (C=O) groups is 1. The summed E-state index contributed by atoms with van der Waals surface area (Å²) in [4.78, 5) is 18.7. The number of nitrogens with zero attached hydrogens (tertiary/aromatic N) is 2. The van der Waals surface area contributed by atoms with Crippen LogP contribution in [0.4, 0.5) is 0 Å². The Morgan fingerprint density at radius 3 is 3.27 bits per heavy atom. The second-order valence-corrected chi connectivity index (χ2v) is 6.22. The SMILES string of the molecule is CCOC[C@]12CCCO[C@H]1CCN(C(=O)c1cccnc1)C2. The third-order valence-electron chi connectivity index (χ3n) is 4.78. The summed E-state index contributed by atoms with van der Waals surface area (Å²) in [5.41, 5.74) is 0.605. The molecule has 0 aliphatic carbocycles. The summed E-state index contributed by atoms with van der Waals surface area (Å²) in [6.45, 7) is 5.67. The maximum Gasteiger partial charge on any atom is 0.255 e. The van der Waals surface area contributed by atoms with Gasteiger partial charge in [0.15, 0.2) is 0 Å². The quantitative estimate of drug-likeness (QED) is 0.855. The Bertz CT molecular complexity index is 508. The number of pyridine rings is 1. The van der Waals surface area contributed by atoms with Crippen LogP contribution in [0, 0.1) is 5.41 Å². The van der Waals surface area contributed by atoms with E-state index in [1.165, 1.54) is 0 Å². The Labute approximate surface area is 131 Å². The van der Waals surface area contributed by atoms with Crippen LogP contribution in [-0.2, 0) is 9.47 Å². The van der Waals surface area contributed by atoms with E-state index in [0.717, 1.165) is 32.4 Å². The number of carbonyl (C=O) groups excluding carboxylic acids is 1. The van der Waals surface area contributed by atoms with E-state index in [-0.39, 0.29) is 17.4 Å². The van der Waals surface area contributed by atoms with E-state index >= 15 is 0 Å². The van der Waals surface area contributed by atoms with Crippen molar-refractivity contribution in [3.05, 3.63) is 30.1 Å². The molecule has 0 aromatic carbocycles. The first kappa shape index (κ1) is 15.4. The molecule has 0 bridgehead atoms. The normalized spacial score (nSPS) is 28.2. The molecular formula is C17H24N2O3. The molecule has 0 radical (unpaired) electrons. The van der Waals surface area contributed by atoms with Crippen molar-refractivity contribution in [3.8, 4) is 0 Å². The second-order valence-electron chi connectivity index (χ2n) is 6.22. The molecule has 3 heterocycles. The summed E-state index contributed by atoms with van der Waals surface area (Å²) in [6.07, 6.45) is 6.53. The van der Waals surface area contributed by atoms with Crippen molar-refractivity contribution in [2.75, 3.05) is 32.9 Å². The fourth-order valence-corrected chi connectivity index (χ4v) is 3.65. The molecule has 0 unspecified atom stereocenters. The van der Waals surface area contributed by atoms with Crippen LogP contribution in [0.3, 0.4) is 0 Å². The van der Waals surface area contributed by atoms with E-state index in [9.17, 15) is 4.79 Å². The van der Waals surface area contributed by atoms with Crippen LogP contribution in [0.25, 0.3) is 0 Å². The van der Waals surface area contributed by atoms with Gasteiger partial charge >= 0.3 is 0 Å². The highest BCUT2D eigenvalue weighted by molar-refractivity contribution is 5.94. The van der Waals surface area contributed by atoms with Crippen LogP contribution >= 0.6 is 0 Å². The van der Waals surface area contributed by atoms with Gasteiger partial charge in [-0.05, 0) is 38.3 Å². The van der Waals surface area contributed by atoms with Crippen molar-refractivity contribution in [1.29, 1.82) is 0 Å². The molecule has 2 aliphatic heterocycles. The van der Waals surface area contributed by atoms with Gasteiger partial charge < -0.3 is 14.4 Å². The zero-order valence-corrected chi connectivity index (χ0v) is 13.2. The second kappa shape index (κ2) is 6.75.